The molecule has 172 valence electrons. The third-order valence-corrected chi connectivity index (χ3v) is 5.69. The van der Waals surface area contributed by atoms with Gasteiger partial charge in [0, 0.05) is 17.5 Å². The largest absolute Gasteiger partial charge is 0.490 e. The van der Waals surface area contributed by atoms with Crippen molar-refractivity contribution >= 4 is 0 Å². The van der Waals surface area contributed by atoms with E-state index in [1.807, 2.05) is 6.20 Å². The SMILES string of the molecule is CCCCCCCCc1ccc(-c2ncc(OCCCCCCCC(C)C)cn2)cn1. The van der Waals surface area contributed by atoms with Crippen LogP contribution in [0.5, 0.6) is 5.75 Å². The van der Waals surface area contributed by atoms with Gasteiger partial charge in [-0.05, 0) is 37.3 Å². The minimum absolute atomic E-state index is 0.705. The second kappa shape index (κ2) is 15.8. The zero-order chi connectivity index (χ0) is 22.2. The Morgan fingerprint density at radius 1 is 0.742 bits per heavy atom. The molecule has 2 heterocycles. The molecule has 0 aliphatic heterocycles. The fourth-order valence-electron chi connectivity index (χ4n) is 3.71. The van der Waals surface area contributed by atoms with E-state index in [1.54, 1.807) is 12.4 Å². The number of aryl methyl sites for hydroxylation is 1. The lowest BCUT2D eigenvalue weighted by molar-refractivity contribution is 0.302. The first-order valence-electron chi connectivity index (χ1n) is 12.6. The van der Waals surface area contributed by atoms with Crippen LogP contribution in [0.3, 0.4) is 0 Å². The number of hydrogen-bond acceptors (Lipinski definition) is 4. The van der Waals surface area contributed by atoms with Crippen LogP contribution in [0.4, 0.5) is 0 Å². The lowest BCUT2D eigenvalue weighted by Crippen LogP contribution is -1.99. The number of nitrogens with zero attached hydrogens (tertiary/aromatic N) is 3. The highest BCUT2D eigenvalue weighted by Crippen LogP contribution is 2.17. The molecule has 0 amide bonds. The molecule has 0 fully saturated rings. The number of hydrogen-bond donors (Lipinski definition) is 0. The standard InChI is InChI=1S/C27H43N3O/c1-4-5-6-7-10-13-16-25-18-17-24(20-28-25)27-29-21-26(22-30-27)31-19-14-11-8-9-12-15-23(2)3/h17-18,20-23H,4-16,19H2,1-3H3. The van der Waals surface area contributed by atoms with E-state index < -0.39 is 0 Å². The van der Waals surface area contributed by atoms with Gasteiger partial charge in [0.2, 0.25) is 0 Å². The molecule has 4 nitrogen and oxygen atoms in total. The molecule has 0 saturated carbocycles. The van der Waals surface area contributed by atoms with Crippen molar-refractivity contribution < 1.29 is 4.74 Å². The van der Waals surface area contributed by atoms with E-state index in [9.17, 15) is 0 Å². The minimum Gasteiger partial charge on any atom is -0.490 e. The number of pyridine rings is 1. The molecule has 0 N–H and O–H groups in total. The van der Waals surface area contributed by atoms with E-state index in [1.165, 1.54) is 70.6 Å². The molecule has 0 aliphatic rings. The second-order valence-electron chi connectivity index (χ2n) is 9.10. The Hall–Kier alpha value is -1.97. The van der Waals surface area contributed by atoms with Gasteiger partial charge in [-0.25, -0.2) is 9.97 Å². The van der Waals surface area contributed by atoms with Crippen LogP contribution in [0.25, 0.3) is 11.4 Å². The smallest absolute Gasteiger partial charge is 0.160 e. The highest BCUT2D eigenvalue weighted by Gasteiger charge is 2.04. The highest BCUT2D eigenvalue weighted by molar-refractivity contribution is 5.53. The molecule has 0 saturated heterocycles. The van der Waals surface area contributed by atoms with E-state index in [0.717, 1.165) is 42.4 Å². The van der Waals surface area contributed by atoms with E-state index in [4.69, 9.17) is 4.74 Å². The zero-order valence-electron chi connectivity index (χ0n) is 20.1. The Kier molecular flexibility index (Phi) is 12.9. The number of aromatic nitrogens is 3. The summed E-state index contributed by atoms with van der Waals surface area (Å²) in [7, 11) is 0. The van der Waals surface area contributed by atoms with Crippen molar-refractivity contribution in [3.05, 3.63) is 36.4 Å². The average molecular weight is 426 g/mol. The summed E-state index contributed by atoms with van der Waals surface area (Å²) in [5.41, 5.74) is 2.11. The molecule has 0 bridgehead atoms. The summed E-state index contributed by atoms with van der Waals surface area (Å²) in [5.74, 6) is 2.28. The Bertz CT molecular complexity index is 683. The lowest BCUT2D eigenvalue weighted by Gasteiger charge is -2.07. The van der Waals surface area contributed by atoms with Crippen LogP contribution in [-0.2, 0) is 6.42 Å². The highest BCUT2D eigenvalue weighted by atomic mass is 16.5. The van der Waals surface area contributed by atoms with E-state index in [0.29, 0.717) is 5.82 Å². The normalized spacial score (nSPS) is 11.2. The fraction of sp³-hybridized carbons (Fsp3) is 0.667. The summed E-state index contributed by atoms with van der Waals surface area (Å²) in [6, 6.07) is 4.19. The van der Waals surface area contributed by atoms with Crippen LogP contribution in [0.15, 0.2) is 30.7 Å². The molecule has 0 atom stereocenters. The van der Waals surface area contributed by atoms with Crippen molar-refractivity contribution in [2.24, 2.45) is 5.92 Å². The number of ether oxygens (including phenoxy) is 1. The predicted octanol–water partition coefficient (Wildman–Crippen LogP) is 7.82. The van der Waals surface area contributed by atoms with Crippen LogP contribution in [0.1, 0.15) is 104 Å². The first-order chi connectivity index (χ1) is 15.2. The van der Waals surface area contributed by atoms with Crippen molar-refractivity contribution in [3.8, 4) is 17.1 Å². The van der Waals surface area contributed by atoms with Crippen molar-refractivity contribution in [1.29, 1.82) is 0 Å². The maximum atomic E-state index is 5.80. The quantitative estimate of drug-likeness (QED) is 0.242. The molecular weight excluding hydrogens is 382 g/mol. The van der Waals surface area contributed by atoms with Gasteiger partial charge < -0.3 is 4.74 Å². The average Bonchev–Trinajstić information content (AvgIpc) is 2.78. The first-order valence-corrected chi connectivity index (χ1v) is 12.6. The monoisotopic (exact) mass is 425 g/mol. The third kappa shape index (κ3) is 11.3. The van der Waals surface area contributed by atoms with Crippen LogP contribution < -0.4 is 4.74 Å². The maximum absolute atomic E-state index is 5.80. The van der Waals surface area contributed by atoms with Gasteiger partial charge in [0.15, 0.2) is 11.6 Å². The Labute approximate surface area is 190 Å². The Morgan fingerprint density at radius 2 is 1.42 bits per heavy atom. The lowest BCUT2D eigenvalue weighted by atomic mass is 10.0. The molecule has 2 rings (SSSR count). The van der Waals surface area contributed by atoms with Crippen molar-refractivity contribution in [2.45, 2.75) is 104 Å². The van der Waals surface area contributed by atoms with Gasteiger partial charge >= 0.3 is 0 Å². The van der Waals surface area contributed by atoms with Crippen LogP contribution in [0.2, 0.25) is 0 Å². The maximum Gasteiger partial charge on any atom is 0.160 e. The second-order valence-corrected chi connectivity index (χ2v) is 9.10. The predicted molar refractivity (Wildman–Crippen MR) is 130 cm³/mol. The van der Waals surface area contributed by atoms with Gasteiger partial charge in [0.05, 0.1) is 19.0 Å². The van der Waals surface area contributed by atoms with Gasteiger partial charge in [-0.2, -0.15) is 0 Å². The molecule has 0 aromatic carbocycles. The van der Waals surface area contributed by atoms with Crippen LogP contribution in [-0.4, -0.2) is 21.6 Å². The summed E-state index contributed by atoms with van der Waals surface area (Å²) in [6.07, 6.45) is 22.0. The third-order valence-electron chi connectivity index (χ3n) is 5.69. The molecule has 2 aromatic rings. The minimum atomic E-state index is 0.705. The molecule has 0 aliphatic carbocycles. The first kappa shape index (κ1) is 25.3. The fourth-order valence-corrected chi connectivity index (χ4v) is 3.71. The van der Waals surface area contributed by atoms with Gasteiger partial charge in [0.1, 0.15) is 0 Å². The van der Waals surface area contributed by atoms with Crippen LogP contribution >= 0.6 is 0 Å². The zero-order valence-corrected chi connectivity index (χ0v) is 20.1. The van der Waals surface area contributed by atoms with Crippen molar-refractivity contribution in [3.63, 3.8) is 0 Å². The summed E-state index contributed by atoms with van der Waals surface area (Å²) in [6.45, 7) is 7.59. The molecule has 0 spiro atoms. The number of rotatable bonds is 17. The molecule has 31 heavy (non-hydrogen) atoms. The Morgan fingerprint density at radius 3 is 2.10 bits per heavy atom. The summed E-state index contributed by atoms with van der Waals surface area (Å²) >= 11 is 0. The molecule has 4 heteroatoms. The van der Waals surface area contributed by atoms with E-state index >= 15 is 0 Å². The van der Waals surface area contributed by atoms with Gasteiger partial charge in [0.25, 0.3) is 0 Å². The van der Waals surface area contributed by atoms with Gasteiger partial charge in [-0.15, -0.1) is 0 Å². The van der Waals surface area contributed by atoms with Gasteiger partial charge in [-0.3, -0.25) is 4.98 Å². The molecule has 2 aromatic heterocycles. The number of unbranched alkanes of at least 4 members (excludes halogenated alkanes) is 9. The van der Waals surface area contributed by atoms with Crippen molar-refractivity contribution in [1.82, 2.24) is 15.0 Å². The molecule has 0 unspecified atom stereocenters. The summed E-state index contributed by atoms with van der Waals surface area (Å²) < 4.78 is 5.80. The topological polar surface area (TPSA) is 47.9 Å². The van der Waals surface area contributed by atoms with Gasteiger partial charge in [-0.1, -0.05) is 85.0 Å². The van der Waals surface area contributed by atoms with E-state index in [2.05, 4.69) is 47.9 Å². The molecular formula is C27H43N3O. The van der Waals surface area contributed by atoms with Crippen LogP contribution in [0, 0.1) is 5.92 Å². The summed E-state index contributed by atoms with van der Waals surface area (Å²) in [5, 5.41) is 0. The van der Waals surface area contributed by atoms with E-state index in [-0.39, 0.29) is 0 Å². The molecule has 0 radical (unpaired) electrons. The van der Waals surface area contributed by atoms with Crippen molar-refractivity contribution in [2.75, 3.05) is 6.61 Å². The summed E-state index contributed by atoms with van der Waals surface area (Å²) in [4.78, 5) is 13.5. The Balaban J connectivity index is 1.63.